The van der Waals surface area contributed by atoms with Crippen molar-refractivity contribution in [3.05, 3.63) is 29.3 Å². The number of carboxylic acids is 1. The second-order valence-corrected chi connectivity index (χ2v) is 6.06. The lowest BCUT2D eigenvalue weighted by molar-refractivity contribution is -0.151. The van der Waals surface area contributed by atoms with E-state index >= 15 is 0 Å². The average Bonchev–Trinajstić information content (AvgIpc) is 2.44. The summed E-state index contributed by atoms with van der Waals surface area (Å²) in [7, 11) is 1.52. The molecule has 114 valence electrons. The van der Waals surface area contributed by atoms with Gasteiger partial charge in [0.15, 0.2) is 0 Å². The maximum atomic E-state index is 11.4. The normalized spacial score (nSPS) is 11.8. The van der Waals surface area contributed by atoms with E-state index in [1.54, 1.807) is 26.0 Å². The molecular weight excluding hydrogens is 268 g/mol. The quantitative estimate of drug-likeness (QED) is 0.841. The zero-order valence-corrected chi connectivity index (χ0v) is 13.2. The van der Waals surface area contributed by atoms with Crippen LogP contribution in [-0.4, -0.2) is 23.7 Å². The Morgan fingerprint density at radius 1 is 1.38 bits per heavy atom. The third-order valence-electron chi connectivity index (χ3n) is 4.22. The molecule has 5 heteroatoms. The minimum absolute atomic E-state index is 0.465. The van der Waals surface area contributed by atoms with Crippen LogP contribution in [0.4, 0.5) is 0 Å². The SMILES string of the molecule is COc1ccc(CNC(C)(C)C(C)(C)C(=O)O)cc1C#N. The number of carbonyl (C=O) groups is 1. The van der Waals surface area contributed by atoms with E-state index in [0.717, 1.165) is 5.56 Å². The van der Waals surface area contributed by atoms with Crippen LogP contribution in [0.1, 0.15) is 38.8 Å². The average molecular weight is 290 g/mol. The molecule has 1 aromatic rings. The second kappa shape index (κ2) is 6.15. The number of nitrogens with one attached hydrogen (secondary N) is 1. The Labute approximate surface area is 125 Å². The minimum atomic E-state index is -0.919. The molecule has 0 bridgehead atoms. The maximum absolute atomic E-state index is 11.4. The van der Waals surface area contributed by atoms with Crippen LogP contribution in [0, 0.1) is 16.7 Å². The highest BCUT2D eigenvalue weighted by molar-refractivity contribution is 5.75. The van der Waals surface area contributed by atoms with Gasteiger partial charge < -0.3 is 15.2 Å². The molecule has 0 atom stereocenters. The lowest BCUT2D eigenvalue weighted by Gasteiger charge is -2.39. The molecule has 0 aliphatic heterocycles. The number of nitrogens with zero attached hydrogens (tertiary/aromatic N) is 1. The van der Waals surface area contributed by atoms with Crippen molar-refractivity contribution in [1.82, 2.24) is 5.32 Å². The summed E-state index contributed by atoms with van der Waals surface area (Å²) >= 11 is 0. The molecule has 0 heterocycles. The van der Waals surface area contributed by atoms with E-state index in [-0.39, 0.29) is 0 Å². The first kappa shape index (κ1) is 17.0. The number of benzene rings is 1. The van der Waals surface area contributed by atoms with Crippen LogP contribution in [0.25, 0.3) is 0 Å². The van der Waals surface area contributed by atoms with E-state index in [4.69, 9.17) is 10.00 Å². The maximum Gasteiger partial charge on any atom is 0.310 e. The summed E-state index contributed by atoms with van der Waals surface area (Å²) in [5.41, 5.74) is -0.156. The van der Waals surface area contributed by atoms with Gasteiger partial charge in [-0.15, -0.1) is 0 Å². The predicted molar refractivity (Wildman–Crippen MR) is 80.0 cm³/mol. The zero-order chi connectivity index (χ0) is 16.3. The lowest BCUT2D eigenvalue weighted by Crippen LogP contribution is -2.54. The number of aliphatic carboxylic acids is 1. The smallest absolute Gasteiger partial charge is 0.310 e. The molecule has 0 radical (unpaired) electrons. The number of carboxylic acid groups (broad SMARTS) is 1. The molecule has 1 rings (SSSR count). The third-order valence-corrected chi connectivity index (χ3v) is 4.22. The molecule has 0 fully saturated rings. The fourth-order valence-electron chi connectivity index (χ4n) is 1.76. The molecule has 0 saturated carbocycles. The highest BCUT2D eigenvalue weighted by Gasteiger charge is 2.42. The van der Waals surface area contributed by atoms with Crippen LogP contribution in [0.3, 0.4) is 0 Å². The monoisotopic (exact) mass is 290 g/mol. The van der Waals surface area contributed by atoms with Gasteiger partial charge in [0.25, 0.3) is 0 Å². The van der Waals surface area contributed by atoms with Crippen molar-refractivity contribution in [3.8, 4) is 11.8 Å². The van der Waals surface area contributed by atoms with E-state index in [1.165, 1.54) is 7.11 Å². The first-order valence-electron chi connectivity index (χ1n) is 6.71. The standard InChI is InChI=1S/C16H22N2O3/c1-15(2,14(19)20)16(3,4)18-10-11-6-7-13(21-5)12(8-11)9-17/h6-8,18H,10H2,1-5H3,(H,19,20). The molecule has 5 nitrogen and oxygen atoms in total. The number of nitriles is 1. The summed E-state index contributed by atoms with van der Waals surface area (Å²) in [5, 5.41) is 21.7. The number of hydrogen-bond donors (Lipinski definition) is 2. The summed E-state index contributed by atoms with van der Waals surface area (Å²) in [6.45, 7) is 7.57. The van der Waals surface area contributed by atoms with Crippen LogP contribution in [0.5, 0.6) is 5.75 Å². The van der Waals surface area contributed by atoms with Crippen molar-refractivity contribution in [2.75, 3.05) is 7.11 Å². The van der Waals surface area contributed by atoms with Crippen LogP contribution < -0.4 is 10.1 Å². The fourth-order valence-corrected chi connectivity index (χ4v) is 1.76. The van der Waals surface area contributed by atoms with Gasteiger partial charge in [0.1, 0.15) is 11.8 Å². The molecule has 0 aliphatic carbocycles. The van der Waals surface area contributed by atoms with Gasteiger partial charge in [-0.3, -0.25) is 4.79 Å². The molecule has 0 saturated heterocycles. The third kappa shape index (κ3) is 3.53. The largest absolute Gasteiger partial charge is 0.495 e. The summed E-state index contributed by atoms with van der Waals surface area (Å²) in [5.74, 6) is -0.321. The van der Waals surface area contributed by atoms with E-state index in [0.29, 0.717) is 17.9 Å². The summed E-state index contributed by atoms with van der Waals surface area (Å²) in [4.78, 5) is 11.4. The first-order valence-corrected chi connectivity index (χ1v) is 6.71. The Hall–Kier alpha value is -2.06. The van der Waals surface area contributed by atoms with E-state index < -0.39 is 16.9 Å². The Morgan fingerprint density at radius 2 is 2.00 bits per heavy atom. The van der Waals surface area contributed by atoms with Crippen molar-refractivity contribution in [3.63, 3.8) is 0 Å². The Balaban J connectivity index is 2.89. The summed E-state index contributed by atoms with van der Waals surface area (Å²) in [6, 6.07) is 7.43. The van der Waals surface area contributed by atoms with Gasteiger partial charge in [-0.05, 0) is 45.4 Å². The molecular formula is C16H22N2O3. The molecule has 0 aliphatic rings. The summed E-state index contributed by atoms with van der Waals surface area (Å²) in [6.07, 6.45) is 0. The fraction of sp³-hybridized carbons (Fsp3) is 0.500. The molecule has 21 heavy (non-hydrogen) atoms. The minimum Gasteiger partial charge on any atom is -0.495 e. The highest BCUT2D eigenvalue weighted by Crippen LogP contribution is 2.31. The topological polar surface area (TPSA) is 82.3 Å². The number of methoxy groups -OCH3 is 1. The predicted octanol–water partition coefficient (Wildman–Crippen LogP) is 2.55. The molecule has 2 N–H and O–H groups in total. The van der Waals surface area contributed by atoms with Crippen molar-refractivity contribution in [1.29, 1.82) is 5.26 Å². The second-order valence-electron chi connectivity index (χ2n) is 6.06. The van der Waals surface area contributed by atoms with Crippen molar-refractivity contribution in [2.45, 2.75) is 39.8 Å². The van der Waals surface area contributed by atoms with Gasteiger partial charge in [-0.2, -0.15) is 5.26 Å². The summed E-state index contributed by atoms with van der Waals surface area (Å²) < 4.78 is 5.10. The Bertz CT molecular complexity index is 571. The molecule has 1 aromatic carbocycles. The van der Waals surface area contributed by atoms with Crippen LogP contribution in [0.15, 0.2) is 18.2 Å². The van der Waals surface area contributed by atoms with E-state index in [9.17, 15) is 9.90 Å². The molecule has 0 aromatic heterocycles. The van der Waals surface area contributed by atoms with Crippen molar-refractivity contribution in [2.24, 2.45) is 5.41 Å². The lowest BCUT2D eigenvalue weighted by atomic mass is 9.74. The van der Waals surface area contributed by atoms with Crippen LogP contribution >= 0.6 is 0 Å². The van der Waals surface area contributed by atoms with Crippen molar-refractivity contribution >= 4 is 5.97 Å². The van der Waals surface area contributed by atoms with Gasteiger partial charge in [0, 0.05) is 12.1 Å². The Kier molecular flexibility index (Phi) is 4.97. The van der Waals surface area contributed by atoms with E-state index in [2.05, 4.69) is 11.4 Å². The van der Waals surface area contributed by atoms with Gasteiger partial charge in [-0.1, -0.05) is 6.07 Å². The molecule has 0 spiro atoms. The van der Waals surface area contributed by atoms with Crippen molar-refractivity contribution < 1.29 is 14.6 Å². The van der Waals surface area contributed by atoms with E-state index in [1.807, 2.05) is 19.9 Å². The first-order chi connectivity index (χ1) is 9.65. The van der Waals surface area contributed by atoms with Gasteiger partial charge in [0.05, 0.1) is 18.1 Å². The van der Waals surface area contributed by atoms with Crippen LogP contribution in [-0.2, 0) is 11.3 Å². The Morgan fingerprint density at radius 3 is 2.48 bits per heavy atom. The number of hydrogen-bond acceptors (Lipinski definition) is 4. The van der Waals surface area contributed by atoms with Gasteiger partial charge in [0.2, 0.25) is 0 Å². The highest BCUT2D eigenvalue weighted by atomic mass is 16.5. The van der Waals surface area contributed by atoms with Gasteiger partial charge >= 0.3 is 5.97 Å². The number of rotatable bonds is 6. The molecule has 0 unspecified atom stereocenters. The zero-order valence-electron chi connectivity index (χ0n) is 13.2. The number of ether oxygens (including phenoxy) is 1. The van der Waals surface area contributed by atoms with Gasteiger partial charge in [-0.25, -0.2) is 0 Å². The van der Waals surface area contributed by atoms with Crippen LogP contribution in [0.2, 0.25) is 0 Å². The molecule has 0 amide bonds.